The van der Waals surface area contributed by atoms with Gasteiger partial charge in [-0.15, -0.1) is 0 Å². The van der Waals surface area contributed by atoms with E-state index in [1.54, 1.807) is 0 Å². The smallest absolute Gasteiger partial charge is 0.329 e. The van der Waals surface area contributed by atoms with Crippen LogP contribution in [0.5, 0.6) is 0 Å². The molecule has 0 fully saturated rings. The first-order chi connectivity index (χ1) is 4.04. The molecule has 0 aromatic rings. The maximum atomic E-state index is 10.7. The van der Waals surface area contributed by atoms with Crippen molar-refractivity contribution in [3.05, 3.63) is 0 Å². The SMILES string of the molecule is CSC(=O)P(=O)(O)SC. The molecule has 54 valence electrons. The van der Waals surface area contributed by atoms with E-state index in [1.165, 1.54) is 12.5 Å². The zero-order chi connectivity index (χ0) is 7.49. The summed E-state index contributed by atoms with van der Waals surface area (Å²) in [7, 11) is 0. The van der Waals surface area contributed by atoms with Gasteiger partial charge in [0.2, 0.25) is 0 Å². The summed E-state index contributed by atoms with van der Waals surface area (Å²) in [5.41, 5.74) is 0. The summed E-state index contributed by atoms with van der Waals surface area (Å²) >= 11 is 1.48. The lowest BCUT2D eigenvalue weighted by molar-refractivity contribution is 0.273. The highest BCUT2D eigenvalue weighted by molar-refractivity contribution is 8.65. The molecule has 1 atom stereocenters. The molecule has 0 aliphatic carbocycles. The van der Waals surface area contributed by atoms with Crippen molar-refractivity contribution in [1.82, 2.24) is 0 Å². The highest BCUT2D eigenvalue weighted by atomic mass is 32.7. The standard InChI is InChI=1S/C3H7O3PS2/c1-8-3(4)7(5,6)9-2/h1-2H3,(H,5,6). The third kappa shape index (κ3) is 2.76. The van der Waals surface area contributed by atoms with Crippen LogP contribution in [0.2, 0.25) is 0 Å². The van der Waals surface area contributed by atoms with Crippen molar-refractivity contribution in [3.8, 4) is 0 Å². The molecule has 0 radical (unpaired) electrons. The molecule has 9 heavy (non-hydrogen) atoms. The first kappa shape index (κ1) is 9.56. The third-order valence-corrected chi connectivity index (χ3v) is 5.58. The summed E-state index contributed by atoms with van der Waals surface area (Å²) in [6.45, 7) is -3.52. The second kappa shape index (κ2) is 3.66. The highest BCUT2D eigenvalue weighted by Crippen LogP contribution is 2.56. The molecular weight excluding hydrogens is 179 g/mol. The number of carbonyl (C=O) groups is 1. The van der Waals surface area contributed by atoms with Crippen LogP contribution in [0.3, 0.4) is 0 Å². The van der Waals surface area contributed by atoms with Crippen LogP contribution in [-0.4, -0.2) is 22.3 Å². The van der Waals surface area contributed by atoms with Crippen molar-refractivity contribution in [2.24, 2.45) is 0 Å². The number of rotatable bonds is 2. The Labute approximate surface area is 61.8 Å². The Morgan fingerprint density at radius 3 is 2.11 bits per heavy atom. The Kier molecular flexibility index (Phi) is 3.89. The maximum Gasteiger partial charge on any atom is 0.329 e. The van der Waals surface area contributed by atoms with E-state index in [0.29, 0.717) is 11.4 Å². The fraction of sp³-hybridized carbons (Fsp3) is 0.667. The Hall–Kier alpha value is 0.560. The first-order valence-electron chi connectivity index (χ1n) is 2.01. The molecule has 0 aromatic heterocycles. The lowest BCUT2D eigenvalue weighted by atomic mass is 11.8. The predicted molar refractivity (Wildman–Crippen MR) is 42.3 cm³/mol. The molecule has 1 N–H and O–H groups in total. The van der Waals surface area contributed by atoms with Gasteiger partial charge in [-0.05, 0) is 12.5 Å². The van der Waals surface area contributed by atoms with Gasteiger partial charge in [-0.25, -0.2) is 0 Å². The van der Waals surface area contributed by atoms with Gasteiger partial charge in [-0.1, -0.05) is 23.1 Å². The van der Waals surface area contributed by atoms with Crippen LogP contribution in [0, 0.1) is 0 Å². The average Bonchev–Trinajstić information content (AvgIpc) is 1.86. The molecule has 0 rings (SSSR count). The van der Waals surface area contributed by atoms with E-state index >= 15 is 0 Å². The molecule has 6 heteroatoms. The van der Waals surface area contributed by atoms with Crippen molar-refractivity contribution < 1.29 is 14.3 Å². The minimum atomic E-state index is -3.52. The third-order valence-electron chi connectivity index (χ3n) is 0.653. The van der Waals surface area contributed by atoms with Crippen molar-refractivity contribution in [3.63, 3.8) is 0 Å². The van der Waals surface area contributed by atoms with E-state index in [9.17, 15) is 9.36 Å². The number of hydrogen-bond donors (Lipinski definition) is 1. The molecule has 0 aromatic carbocycles. The molecule has 0 bridgehead atoms. The molecule has 0 saturated heterocycles. The average molecular weight is 186 g/mol. The molecule has 0 aliphatic heterocycles. The number of hydrogen-bond acceptors (Lipinski definition) is 4. The summed E-state index contributed by atoms with van der Waals surface area (Å²) in [5, 5.41) is 0. The molecule has 1 unspecified atom stereocenters. The van der Waals surface area contributed by atoms with E-state index in [2.05, 4.69) is 0 Å². The van der Waals surface area contributed by atoms with Crippen LogP contribution in [0.15, 0.2) is 0 Å². The predicted octanol–water partition coefficient (Wildman–Crippen LogP) is 2.02. The van der Waals surface area contributed by atoms with Gasteiger partial charge in [0.05, 0.1) is 0 Å². The Bertz CT molecular complexity index is 157. The lowest BCUT2D eigenvalue weighted by Gasteiger charge is -2.01. The number of carbonyl (C=O) groups excluding carboxylic acids is 1. The molecule has 0 heterocycles. The quantitative estimate of drug-likeness (QED) is 0.668. The van der Waals surface area contributed by atoms with E-state index in [1.807, 2.05) is 0 Å². The molecule has 0 aliphatic rings. The topological polar surface area (TPSA) is 54.4 Å². The molecule has 3 nitrogen and oxygen atoms in total. The van der Waals surface area contributed by atoms with Crippen molar-refractivity contribution in [1.29, 1.82) is 0 Å². The van der Waals surface area contributed by atoms with E-state index in [-0.39, 0.29) is 0 Å². The maximum absolute atomic E-state index is 10.7. The van der Waals surface area contributed by atoms with E-state index < -0.39 is 11.4 Å². The normalized spacial score (nSPS) is 16.8. The Morgan fingerprint density at radius 1 is 1.56 bits per heavy atom. The molecule has 0 amide bonds. The highest BCUT2D eigenvalue weighted by Gasteiger charge is 2.26. The van der Waals surface area contributed by atoms with Gasteiger partial charge >= 0.3 is 6.57 Å². The summed E-state index contributed by atoms with van der Waals surface area (Å²) in [5.74, 6) is 0. The Morgan fingerprint density at radius 2 is 2.00 bits per heavy atom. The van der Waals surface area contributed by atoms with Crippen LogP contribution in [0.1, 0.15) is 0 Å². The monoisotopic (exact) mass is 186 g/mol. The van der Waals surface area contributed by atoms with Gasteiger partial charge < -0.3 is 4.89 Å². The largest absolute Gasteiger partial charge is 0.331 e. The van der Waals surface area contributed by atoms with Crippen molar-refractivity contribution >= 4 is 34.6 Å². The zero-order valence-corrected chi connectivity index (χ0v) is 7.55. The minimum Gasteiger partial charge on any atom is -0.331 e. The van der Waals surface area contributed by atoms with Crippen molar-refractivity contribution in [2.75, 3.05) is 12.5 Å². The molecule has 0 spiro atoms. The van der Waals surface area contributed by atoms with Crippen LogP contribution in [0.4, 0.5) is 4.79 Å². The minimum absolute atomic E-state index is 0.644. The first-order valence-corrected chi connectivity index (χ1v) is 6.73. The molecular formula is C3H7O3PS2. The van der Waals surface area contributed by atoms with Crippen LogP contribution < -0.4 is 0 Å². The van der Waals surface area contributed by atoms with E-state index in [0.717, 1.165) is 11.8 Å². The summed E-state index contributed by atoms with van der Waals surface area (Å²) < 4.78 is 10.7. The molecule has 0 saturated carbocycles. The Balaban J connectivity index is 4.16. The van der Waals surface area contributed by atoms with Gasteiger partial charge in [0.15, 0.2) is 0 Å². The van der Waals surface area contributed by atoms with Gasteiger partial charge in [0.25, 0.3) is 4.86 Å². The fourth-order valence-electron chi connectivity index (χ4n) is 0.190. The lowest BCUT2D eigenvalue weighted by Crippen LogP contribution is -1.84. The van der Waals surface area contributed by atoms with Gasteiger partial charge in [0, 0.05) is 0 Å². The summed E-state index contributed by atoms with van der Waals surface area (Å²) in [6, 6.07) is 0. The van der Waals surface area contributed by atoms with Gasteiger partial charge in [0.1, 0.15) is 0 Å². The van der Waals surface area contributed by atoms with Gasteiger partial charge in [-0.2, -0.15) is 0 Å². The fourth-order valence-corrected chi connectivity index (χ4v) is 3.05. The van der Waals surface area contributed by atoms with Crippen LogP contribution >= 0.6 is 29.7 Å². The zero-order valence-electron chi connectivity index (χ0n) is 5.03. The van der Waals surface area contributed by atoms with Crippen LogP contribution in [0.25, 0.3) is 0 Å². The summed E-state index contributed by atoms with van der Waals surface area (Å²) in [4.78, 5) is 18.6. The number of thioether (sulfide) groups is 1. The van der Waals surface area contributed by atoms with Crippen molar-refractivity contribution in [2.45, 2.75) is 0 Å². The summed E-state index contributed by atoms with van der Waals surface area (Å²) in [6.07, 6.45) is 2.93. The van der Waals surface area contributed by atoms with E-state index in [4.69, 9.17) is 4.89 Å². The van der Waals surface area contributed by atoms with Gasteiger partial charge in [-0.3, -0.25) is 9.36 Å². The second-order valence-corrected chi connectivity index (χ2v) is 6.65. The van der Waals surface area contributed by atoms with Crippen LogP contribution in [-0.2, 0) is 4.57 Å². The second-order valence-electron chi connectivity index (χ2n) is 1.17.